The third-order valence-corrected chi connectivity index (χ3v) is 8.27. The number of hydrogen-bond acceptors (Lipinski definition) is 8. The Balaban J connectivity index is 1.24. The van der Waals surface area contributed by atoms with Crippen LogP contribution in [0.25, 0.3) is 11.0 Å². The van der Waals surface area contributed by atoms with Crippen molar-refractivity contribution in [1.29, 1.82) is 0 Å². The molecule has 2 saturated carbocycles. The van der Waals surface area contributed by atoms with E-state index in [1.807, 2.05) is 12.3 Å². The number of aromatic nitrogens is 4. The van der Waals surface area contributed by atoms with Crippen molar-refractivity contribution in [1.82, 2.24) is 24.4 Å². The predicted molar refractivity (Wildman–Crippen MR) is 137 cm³/mol. The fourth-order valence-electron chi connectivity index (χ4n) is 6.09. The molecule has 9 heteroatoms. The molecule has 2 aliphatic carbocycles. The number of ketones is 1. The van der Waals surface area contributed by atoms with Crippen molar-refractivity contribution in [3.8, 4) is 0 Å². The number of aryl methyl sites for hydroxylation is 1. The molecule has 0 unspecified atom stereocenters. The third kappa shape index (κ3) is 4.00. The maximum atomic E-state index is 13.4. The minimum Gasteiger partial charge on any atom is -0.390 e. The van der Waals surface area contributed by atoms with Gasteiger partial charge in [-0.1, -0.05) is 18.9 Å². The van der Waals surface area contributed by atoms with Gasteiger partial charge < -0.3 is 10.4 Å². The van der Waals surface area contributed by atoms with Crippen molar-refractivity contribution in [3.63, 3.8) is 0 Å². The number of aliphatic hydroxyl groups is 1. The number of nitrogens with one attached hydrogen (secondary N) is 1. The number of aliphatic hydroxyl groups excluding tert-OH is 1. The van der Waals surface area contributed by atoms with E-state index in [0.717, 1.165) is 57.0 Å². The minimum absolute atomic E-state index is 0.0460. The molecule has 2 N–H and O–H groups in total. The van der Waals surface area contributed by atoms with E-state index >= 15 is 0 Å². The smallest absolute Gasteiger partial charge is 0.263 e. The molecule has 3 fully saturated rings. The van der Waals surface area contributed by atoms with Crippen LogP contribution in [0.3, 0.4) is 0 Å². The first kappa shape index (κ1) is 23.2. The molecule has 9 nitrogen and oxygen atoms in total. The number of likely N-dealkylation sites (tertiary alicyclic amines) is 1. The number of Topliss-reactive ketones (excluding diaryl/α,β-unsaturated/α-hetero) is 1. The molecule has 3 aliphatic rings. The zero-order valence-corrected chi connectivity index (χ0v) is 20.8. The molecule has 3 aromatic heterocycles. The average molecular weight is 489 g/mol. The van der Waals surface area contributed by atoms with Gasteiger partial charge in [0.05, 0.1) is 11.7 Å². The Morgan fingerprint density at radius 2 is 1.83 bits per heavy atom. The first-order chi connectivity index (χ1) is 17.4. The van der Waals surface area contributed by atoms with Crippen LogP contribution in [-0.4, -0.2) is 60.5 Å². The molecule has 1 aliphatic heterocycles. The van der Waals surface area contributed by atoms with E-state index in [1.165, 1.54) is 12.5 Å². The molecule has 0 atom stereocenters. The monoisotopic (exact) mass is 488 g/mol. The Labute approximate surface area is 209 Å². The summed E-state index contributed by atoms with van der Waals surface area (Å²) in [7, 11) is 0. The quantitative estimate of drug-likeness (QED) is 0.507. The molecular weight excluding hydrogens is 456 g/mol. The summed E-state index contributed by atoms with van der Waals surface area (Å²) in [5.41, 5.74) is 2.41. The van der Waals surface area contributed by atoms with Crippen molar-refractivity contribution >= 4 is 28.6 Å². The van der Waals surface area contributed by atoms with Crippen LogP contribution in [0.4, 0.5) is 11.8 Å². The molecule has 36 heavy (non-hydrogen) atoms. The standard InChI is InChI=1S/C27H32N6O3/c1-15-22-12-29-27(31-25(22)33(19-5-3-4-6-19)26(36)24(15)16(2)34)30-23-8-7-17(11-28-23)18-9-20(10-18)32-13-21(35)14-32/h7-8,11-12,18-21,35H,3-6,9-10,13-14H2,1-2H3,(H,28,29,30,31). The summed E-state index contributed by atoms with van der Waals surface area (Å²) in [5.74, 6) is 1.30. The number of pyridine rings is 2. The molecule has 6 rings (SSSR count). The van der Waals surface area contributed by atoms with Gasteiger partial charge in [0.2, 0.25) is 5.95 Å². The van der Waals surface area contributed by atoms with Crippen molar-refractivity contribution < 1.29 is 9.90 Å². The highest BCUT2D eigenvalue weighted by atomic mass is 16.3. The predicted octanol–water partition coefficient (Wildman–Crippen LogP) is 3.48. The van der Waals surface area contributed by atoms with Gasteiger partial charge in [-0.25, -0.2) is 9.97 Å². The summed E-state index contributed by atoms with van der Waals surface area (Å²) in [4.78, 5) is 41.8. The minimum atomic E-state index is -0.252. The SMILES string of the molecule is CC(=O)c1c(C)c2cnc(Nc3ccc(C4CC(N5CC(O)C5)C4)cn3)nc2n(C2CCCC2)c1=O. The van der Waals surface area contributed by atoms with Gasteiger partial charge >= 0.3 is 0 Å². The fourth-order valence-corrected chi connectivity index (χ4v) is 6.09. The van der Waals surface area contributed by atoms with Gasteiger partial charge in [-0.2, -0.15) is 4.98 Å². The van der Waals surface area contributed by atoms with Gasteiger partial charge in [-0.3, -0.25) is 19.1 Å². The zero-order valence-electron chi connectivity index (χ0n) is 20.8. The first-order valence-electron chi connectivity index (χ1n) is 13.0. The van der Waals surface area contributed by atoms with Gasteiger partial charge in [-0.15, -0.1) is 0 Å². The number of rotatable bonds is 6. The Hall–Kier alpha value is -3.17. The van der Waals surface area contributed by atoms with Crippen molar-refractivity contribution in [2.24, 2.45) is 0 Å². The van der Waals surface area contributed by atoms with Crippen LogP contribution in [0.5, 0.6) is 0 Å². The van der Waals surface area contributed by atoms with Crippen LogP contribution in [0.2, 0.25) is 0 Å². The first-order valence-corrected chi connectivity index (χ1v) is 13.0. The maximum Gasteiger partial charge on any atom is 0.263 e. The molecule has 3 aromatic rings. The largest absolute Gasteiger partial charge is 0.390 e. The average Bonchev–Trinajstić information content (AvgIpc) is 3.32. The van der Waals surface area contributed by atoms with Crippen LogP contribution in [0.1, 0.15) is 78.9 Å². The van der Waals surface area contributed by atoms with Crippen molar-refractivity contribution in [2.45, 2.75) is 76.5 Å². The van der Waals surface area contributed by atoms with Crippen LogP contribution in [-0.2, 0) is 0 Å². The van der Waals surface area contributed by atoms with E-state index in [1.54, 1.807) is 17.7 Å². The number of nitrogens with zero attached hydrogens (tertiary/aromatic N) is 5. The maximum absolute atomic E-state index is 13.4. The van der Waals surface area contributed by atoms with Crippen LogP contribution < -0.4 is 10.9 Å². The number of carbonyl (C=O) groups is 1. The van der Waals surface area contributed by atoms with Crippen LogP contribution in [0, 0.1) is 6.92 Å². The molecule has 188 valence electrons. The van der Waals surface area contributed by atoms with Crippen LogP contribution >= 0.6 is 0 Å². The number of carbonyl (C=O) groups excluding carboxylic acids is 1. The molecular formula is C27H32N6O3. The van der Waals surface area contributed by atoms with Gasteiger partial charge in [0, 0.05) is 43.0 Å². The lowest BCUT2D eigenvalue weighted by Crippen LogP contribution is -2.58. The topological polar surface area (TPSA) is 113 Å². The highest BCUT2D eigenvalue weighted by Gasteiger charge is 2.39. The van der Waals surface area contributed by atoms with E-state index < -0.39 is 0 Å². The van der Waals surface area contributed by atoms with E-state index in [2.05, 4.69) is 26.3 Å². The number of fused-ring (bicyclic) bond motifs is 1. The lowest BCUT2D eigenvalue weighted by atomic mass is 9.74. The molecule has 0 radical (unpaired) electrons. The second kappa shape index (κ2) is 9.05. The van der Waals surface area contributed by atoms with Gasteiger partial charge in [0.25, 0.3) is 5.56 Å². The Morgan fingerprint density at radius 1 is 1.08 bits per heavy atom. The zero-order chi connectivity index (χ0) is 25.0. The number of β-amino-alcohol motifs (C(OH)–C–C–N with tert-alkyl or cyclic N) is 1. The normalized spacial score (nSPS) is 23.0. The molecule has 4 heterocycles. The number of anilines is 2. The second-order valence-electron chi connectivity index (χ2n) is 10.6. The lowest BCUT2D eigenvalue weighted by Gasteiger charge is -2.49. The van der Waals surface area contributed by atoms with Crippen LogP contribution in [0.15, 0.2) is 29.3 Å². The summed E-state index contributed by atoms with van der Waals surface area (Å²) in [5, 5.41) is 13.4. The summed E-state index contributed by atoms with van der Waals surface area (Å²) >= 11 is 0. The van der Waals surface area contributed by atoms with Crippen molar-refractivity contribution in [2.75, 3.05) is 18.4 Å². The Kier molecular flexibility index (Phi) is 5.84. The second-order valence-corrected chi connectivity index (χ2v) is 10.6. The summed E-state index contributed by atoms with van der Waals surface area (Å²) in [6.45, 7) is 4.84. The van der Waals surface area contributed by atoms with Crippen molar-refractivity contribution in [3.05, 3.63) is 51.6 Å². The van der Waals surface area contributed by atoms with Gasteiger partial charge in [-0.05, 0) is 62.6 Å². The van der Waals surface area contributed by atoms with E-state index in [4.69, 9.17) is 4.98 Å². The fraction of sp³-hybridized carbons (Fsp3) is 0.519. The van der Waals surface area contributed by atoms with E-state index in [-0.39, 0.29) is 29.1 Å². The molecule has 0 amide bonds. The third-order valence-electron chi connectivity index (χ3n) is 8.27. The van der Waals surface area contributed by atoms with Gasteiger partial charge in [0.1, 0.15) is 11.5 Å². The highest BCUT2D eigenvalue weighted by molar-refractivity contribution is 5.99. The molecule has 0 spiro atoms. The molecule has 0 bridgehead atoms. The summed E-state index contributed by atoms with van der Waals surface area (Å²) < 4.78 is 1.72. The number of hydrogen-bond donors (Lipinski definition) is 2. The van der Waals surface area contributed by atoms with E-state index in [0.29, 0.717) is 34.9 Å². The summed E-state index contributed by atoms with van der Waals surface area (Å²) in [6.07, 6.45) is 9.62. The Morgan fingerprint density at radius 3 is 2.47 bits per heavy atom. The van der Waals surface area contributed by atoms with E-state index in [9.17, 15) is 14.7 Å². The highest BCUT2D eigenvalue weighted by Crippen LogP contribution is 2.41. The van der Waals surface area contributed by atoms with Gasteiger partial charge in [0.15, 0.2) is 5.78 Å². The molecule has 1 saturated heterocycles. The molecule has 0 aromatic carbocycles. The Bertz CT molecular complexity index is 1370. The summed E-state index contributed by atoms with van der Waals surface area (Å²) in [6, 6.07) is 4.66. The lowest BCUT2D eigenvalue weighted by molar-refractivity contribution is -0.0494.